The number of halogens is 1. The third-order valence-electron chi connectivity index (χ3n) is 4.17. The summed E-state index contributed by atoms with van der Waals surface area (Å²) in [5.74, 6) is 0.871. The second-order valence-electron chi connectivity index (χ2n) is 6.59. The standard InChI is InChI=1S/C16H22N4O3S.ClH/c1-11(2)20-24(21,22)13-7-5-12(6-8-13)14-18-15(19-23-14)16(17)9-3-4-10-16;/h5-8,11,20H,3-4,9-10,17H2,1-2H3;1H. The highest BCUT2D eigenvalue weighted by Crippen LogP contribution is 2.35. The maximum absolute atomic E-state index is 12.1. The van der Waals surface area contributed by atoms with Crippen molar-refractivity contribution in [3.63, 3.8) is 0 Å². The topological polar surface area (TPSA) is 111 Å². The van der Waals surface area contributed by atoms with Crippen molar-refractivity contribution in [1.29, 1.82) is 0 Å². The summed E-state index contributed by atoms with van der Waals surface area (Å²) in [5.41, 5.74) is 6.48. The van der Waals surface area contributed by atoms with Crippen molar-refractivity contribution in [3.05, 3.63) is 30.1 Å². The molecule has 1 aromatic carbocycles. The first kappa shape index (κ1) is 19.8. The molecule has 7 nitrogen and oxygen atoms in total. The van der Waals surface area contributed by atoms with E-state index in [0.29, 0.717) is 17.3 Å². The molecule has 0 radical (unpaired) electrons. The first-order valence-corrected chi connectivity index (χ1v) is 9.54. The van der Waals surface area contributed by atoms with Gasteiger partial charge in [0.25, 0.3) is 5.89 Å². The van der Waals surface area contributed by atoms with E-state index in [0.717, 1.165) is 25.7 Å². The van der Waals surface area contributed by atoms with Crippen molar-refractivity contribution in [2.24, 2.45) is 5.73 Å². The van der Waals surface area contributed by atoms with Crippen molar-refractivity contribution in [1.82, 2.24) is 14.9 Å². The van der Waals surface area contributed by atoms with Crippen LogP contribution in [-0.2, 0) is 15.6 Å². The van der Waals surface area contributed by atoms with Crippen LogP contribution < -0.4 is 10.5 Å². The second-order valence-corrected chi connectivity index (χ2v) is 8.30. The summed E-state index contributed by atoms with van der Waals surface area (Å²) in [4.78, 5) is 4.61. The Labute approximate surface area is 153 Å². The molecule has 1 aliphatic carbocycles. The molecule has 1 heterocycles. The molecule has 0 aliphatic heterocycles. The van der Waals surface area contributed by atoms with Crippen molar-refractivity contribution < 1.29 is 12.9 Å². The highest BCUT2D eigenvalue weighted by Gasteiger charge is 2.36. The van der Waals surface area contributed by atoms with Crippen LogP contribution in [0.15, 0.2) is 33.7 Å². The van der Waals surface area contributed by atoms with Crippen LogP contribution in [0.2, 0.25) is 0 Å². The Morgan fingerprint density at radius 1 is 1.20 bits per heavy atom. The van der Waals surface area contributed by atoms with Crippen molar-refractivity contribution in [3.8, 4) is 11.5 Å². The highest BCUT2D eigenvalue weighted by molar-refractivity contribution is 7.89. The van der Waals surface area contributed by atoms with Crippen LogP contribution in [-0.4, -0.2) is 24.6 Å². The Bertz CT molecular complexity index is 812. The van der Waals surface area contributed by atoms with E-state index < -0.39 is 15.6 Å². The van der Waals surface area contributed by atoms with Crippen LogP contribution >= 0.6 is 12.4 Å². The molecule has 1 fully saturated rings. The fourth-order valence-electron chi connectivity index (χ4n) is 2.93. The van der Waals surface area contributed by atoms with E-state index in [1.807, 2.05) is 0 Å². The van der Waals surface area contributed by atoms with Crippen molar-refractivity contribution >= 4 is 22.4 Å². The molecular formula is C16H23ClN4O3S. The van der Waals surface area contributed by atoms with Gasteiger partial charge in [-0.2, -0.15) is 4.98 Å². The molecule has 2 aromatic rings. The monoisotopic (exact) mass is 386 g/mol. The molecule has 0 spiro atoms. The molecular weight excluding hydrogens is 364 g/mol. The maximum atomic E-state index is 12.1. The van der Waals surface area contributed by atoms with Gasteiger partial charge in [0.1, 0.15) is 0 Å². The van der Waals surface area contributed by atoms with Gasteiger partial charge in [0, 0.05) is 11.6 Å². The number of sulfonamides is 1. The van der Waals surface area contributed by atoms with Crippen LogP contribution in [0.1, 0.15) is 45.4 Å². The van der Waals surface area contributed by atoms with Crippen molar-refractivity contribution in [2.75, 3.05) is 0 Å². The smallest absolute Gasteiger partial charge is 0.257 e. The van der Waals surface area contributed by atoms with E-state index in [2.05, 4.69) is 14.9 Å². The summed E-state index contributed by atoms with van der Waals surface area (Å²) in [6.07, 6.45) is 3.83. The van der Waals surface area contributed by atoms with Gasteiger partial charge in [0.05, 0.1) is 10.4 Å². The lowest BCUT2D eigenvalue weighted by atomic mass is 9.99. The average Bonchev–Trinajstić information content (AvgIpc) is 3.16. The molecule has 0 atom stereocenters. The van der Waals surface area contributed by atoms with E-state index >= 15 is 0 Å². The molecule has 1 aliphatic rings. The summed E-state index contributed by atoms with van der Waals surface area (Å²) < 4.78 is 32.1. The molecule has 0 bridgehead atoms. The largest absolute Gasteiger partial charge is 0.334 e. The molecule has 0 amide bonds. The summed E-state index contributed by atoms with van der Waals surface area (Å²) in [7, 11) is -3.51. The van der Waals surface area contributed by atoms with E-state index in [1.165, 1.54) is 12.1 Å². The zero-order valence-corrected chi connectivity index (χ0v) is 15.9. The quantitative estimate of drug-likeness (QED) is 0.816. The Hall–Kier alpha value is -1.48. The third kappa shape index (κ3) is 4.20. The Morgan fingerprint density at radius 3 is 2.36 bits per heavy atom. The summed E-state index contributed by atoms with van der Waals surface area (Å²) in [5, 5.41) is 4.02. The van der Waals surface area contributed by atoms with Crippen LogP contribution in [0.3, 0.4) is 0 Å². The number of rotatable bonds is 5. The van der Waals surface area contributed by atoms with Gasteiger partial charge in [-0.15, -0.1) is 12.4 Å². The molecule has 1 aromatic heterocycles. The van der Waals surface area contributed by atoms with Crippen LogP contribution in [0.25, 0.3) is 11.5 Å². The minimum absolute atomic E-state index is 0. The molecule has 1 saturated carbocycles. The van der Waals surface area contributed by atoms with Gasteiger partial charge in [-0.25, -0.2) is 13.1 Å². The zero-order chi connectivity index (χ0) is 17.4. The number of nitrogens with one attached hydrogen (secondary N) is 1. The first-order chi connectivity index (χ1) is 11.3. The Kier molecular flexibility index (Phi) is 5.88. The molecule has 3 N–H and O–H groups in total. The van der Waals surface area contributed by atoms with E-state index in [1.54, 1.807) is 26.0 Å². The normalized spacial score (nSPS) is 16.8. The lowest BCUT2D eigenvalue weighted by molar-refractivity contribution is 0.372. The molecule has 9 heteroatoms. The van der Waals surface area contributed by atoms with Crippen LogP contribution in [0.4, 0.5) is 0 Å². The summed E-state index contributed by atoms with van der Waals surface area (Å²) >= 11 is 0. The van der Waals surface area contributed by atoms with Gasteiger partial charge in [-0.3, -0.25) is 0 Å². The zero-order valence-electron chi connectivity index (χ0n) is 14.2. The predicted molar refractivity (Wildman–Crippen MR) is 96.8 cm³/mol. The maximum Gasteiger partial charge on any atom is 0.257 e. The Balaban J connectivity index is 0.00000225. The lowest BCUT2D eigenvalue weighted by Crippen LogP contribution is -2.34. The second kappa shape index (κ2) is 7.41. The number of nitrogens with two attached hydrogens (primary N) is 1. The molecule has 3 rings (SSSR count). The summed E-state index contributed by atoms with van der Waals surface area (Å²) in [6.45, 7) is 3.55. The van der Waals surface area contributed by atoms with E-state index in [4.69, 9.17) is 10.3 Å². The molecule has 0 saturated heterocycles. The first-order valence-electron chi connectivity index (χ1n) is 8.06. The van der Waals surface area contributed by atoms with Gasteiger partial charge in [-0.1, -0.05) is 18.0 Å². The number of hydrogen-bond acceptors (Lipinski definition) is 6. The average molecular weight is 387 g/mol. The van der Waals surface area contributed by atoms with Gasteiger partial charge in [0.2, 0.25) is 10.0 Å². The minimum Gasteiger partial charge on any atom is -0.334 e. The number of hydrogen-bond donors (Lipinski definition) is 2. The lowest BCUT2D eigenvalue weighted by Gasteiger charge is -2.17. The molecule has 25 heavy (non-hydrogen) atoms. The Morgan fingerprint density at radius 2 is 1.80 bits per heavy atom. The SMILES string of the molecule is CC(C)NS(=O)(=O)c1ccc(-c2nc(C3(N)CCCC3)no2)cc1.Cl. The van der Waals surface area contributed by atoms with Crippen LogP contribution in [0.5, 0.6) is 0 Å². The summed E-state index contributed by atoms with van der Waals surface area (Å²) in [6, 6.07) is 6.20. The van der Waals surface area contributed by atoms with Gasteiger partial charge in [0.15, 0.2) is 5.82 Å². The molecule has 0 unspecified atom stereocenters. The van der Waals surface area contributed by atoms with E-state index in [9.17, 15) is 8.42 Å². The number of nitrogens with zero attached hydrogens (tertiary/aromatic N) is 2. The van der Waals surface area contributed by atoms with Crippen LogP contribution in [0, 0.1) is 0 Å². The fourth-order valence-corrected chi connectivity index (χ4v) is 4.18. The number of aromatic nitrogens is 2. The fraction of sp³-hybridized carbons (Fsp3) is 0.500. The van der Waals surface area contributed by atoms with Crippen molar-refractivity contribution in [2.45, 2.75) is 56.0 Å². The third-order valence-corrected chi connectivity index (χ3v) is 5.84. The highest BCUT2D eigenvalue weighted by atomic mass is 35.5. The number of benzene rings is 1. The van der Waals surface area contributed by atoms with Gasteiger partial charge in [-0.05, 0) is 51.0 Å². The van der Waals surface area contributed by atoms with Gasteiger partial charge >= 0.3 is 0 Å². The van der Waals surface area contributed by atoms with E-state index in [-0.39, 0.29) is 23.3 Å². The minimum atomic E-state index is -3.51. The predicted octanol–water partition coefficient (Wildman–Crippen LogP) is 2.57. The van der Waals surface area contributed by atoms with Gasteiger partial charge < -0.3 is 10.3 Å². The molecule has 138 valence electrons.